The molecule has 3 nitrogen and oxygen atoms in total. The van der Waals surface area contributed by atoms with Gasteiger partial charge >= 0.3 is 5.97 Å². The number of hydrogen-bond donors (Lipinski definition) is 2. The van der Waals surface area contributed by atoms with Gasteiger partial charge < -0.3 is 10.4 Å². The van der Waals surface area contributed by atoms with Crippen LogP contribution in [-0.2, 0) is 11.3 Å². The van der Waals surface area contributed by atoms with E-state index in [1.165, 1.54) is 5.56 Å². The quantitative estimate of drug-likeness (QED) is 0.802. The van der Waals surface area contributed by atoms with E-state index in [1.54, 1.807) is 6.92 Å². The molecule has 0 bridgehead atoms. The molecule has 0 fully saturated rings. The number of carboxylic acid groups (broad SMARTS) is 1. The zero-order valence-electron chi connectivity index (χ0n) is 10.0. The Morgan fingerprint density at radius 3 is 2.25 bits per heavy atom. The molecule has 1 rings (SSSR count). The molecule has 88 valence electrons. The fraction of sp³-hybridized carbons (Fsp3) is 0.462. The standard InChI is InChI=1S/C13H19NO2/c1-9(2)12-6-4-11(5-7-12)8-14-10(3)13(15)16/h4-7,9-10,14H,8H2,1-3H3,(H,15,16)/t10-/m1/s1. The molecule has 0 aliphatic heterocycles. The van der Waals surface area contributed by atoms with Crippen LogP contribution in [0.2, 0.25) is 0 Å². The van der Waals surface area contributed by atoms with Gasteiger partial charge in [-0.2, -0.15) is 0 Å². The summed E-state index contributed by atoms with van der Waals surface area (Å²) in [6.07, 6.45) is 0. The Kier molecular flexibility index (Phi) is 4.50. The second kappa shape index (κ2) is 5.66. The Bertz CT molecular complexity index is 343. The molecular weight excluding hydrogens is 202 g/mol. The van der Waals surface area contributed by atoms with Gasteiger partial charge in [0.05, 0.1) is 0 Å². The van der Waals surface area contributed by atoms with E-state index < -0.39 is 12.0 Å². The van der Waals surface area contributed by atoms with E-state index in [9.17, 15) is 4.79 Å². The molecule has 0 spiro atoms. The van der Waals surface area contributed by atoms with Crippen LogP contribution < -0.4 is 5.32 Å². The summed E-state index contributed by atoms with van der Waals surface area (Å²) >= 11 is 0. The third-order valence-electron chi connectivity index (χ3n) is 2.63. The average molecular weight is 221 g/mol. The normalized spacial score (nSPS) is 12.8. The number of hydrogen-bond acceptors (Lipinski definition) is 2. The summed E-state index contributed by atoms with van der Waals surface area (Å²) < 4.78 is 0. The zero-order chi connectivity index (χ0) is 12.1. The topological polar surface area (TPSA) is 49.3 Å². The van der Waals surface area contributed by atoms with Crippen LogP contribution in [0.4, 0.5) is 0 Å². The van der Waals surface area contributed by atoms with Crippen LogP contribution in [0.1, 0.15) is 37.8 Å². The highest BCUT2D eigenvalue weighted by Crippen LogP contribution is 2.14. The fourth-order valence-electron chi connectivity index (χ4n) is 1.38. The van der Waals surface area contributed by atoms with Crippen molar-refractivity contribution >= 4 is 5.97 Å². The van der Waals surface area contributed by atoms with Crippen LogP contribution in [0.3, 0.4) is 0 Å². The van der Waals surface area contributed by atoms with Crippen LogP contribution in [0.15, 0.2) is 24.3 Å². The summed E-state index contributed by atoms with van der Waals surface area (Å²) in [6, 6.07) is 7.75. The van der Waals surface area contributed by atoms with Crippen molar-refractivity contribution < 1.29 is 9.90 Å². The fourth-order valence-corrected chi connectivity index (χ4v) is 1.38. The number of carbonyl (C=O) groups is 1. The first kappa shape index (κ1) is 12.7. The SMILES string of the molecule is CC(C)c1ccc(CN[C@H](C)C(=O)O)cc1. The highest BCUT2D eigenvalue weighted by Gasteiger charge is 2.09. The van der Waals surface area contributed by atoms with Crippen LogP contribution in [-0.4, -0.2) is 17.1 Å². The lowest BCUT2D eigenvalue weighted by Gasteiger charge is -2.10. The largest absolute Gasteiger partial charge is 0.480 e. The molecule has 0 heterocycles. The van der Waals surface area contributed by atoms with Crippen molar-refractivity contribution in [3.63, 3.8) is 0 Å². The minimum atomic E-state index is -0.821. The number of rotatable bonds is 5. The molecule has 0 saturated carbocycles. The van der Waals surface area contributed by atoms with Crippen LogP contribution in [0.5, 0.6) is 0 Å². The van der Waals surface area contributed by atoms with Crippen molar-refractivity contribution in [2.75, 3.05) is 0 Å². The van der Waals surface area contributed by atoms with Crippen LogP contribution in [0, 0.1) is 0 Å². The van der Waals surface area contributed by atoms with Gasteiger partial charge in [-0.15, -0.1) is 0 Å². The van der Waals surface area contributed by atoms with Crippen LogP contribution >= 0.6 is 0 Å². The van der Waals surface area contributed by atoms with E-state index in [2.05, 4.69) is 31.3 Å². The van der Waals surface area contributed by atoms with Crippen molar-refractivity contribution in [2.24, 2.45) is 0 Å². The van der Waals surface area contributed by atoms with Gasteiger partial charge in [-0.25, -0.2) is 0 Å². The van der Waals surface area contributed by atoms with E-state index in [4.69, 9.17) is 5.11 Å². The van der Waals surface area contributed by atoms with Gasteiger partial charge in [0.25, 0.3) is 0 Å². The molecule has 0 unspecified atom stereocenters. The molecule has 1 aromatic rings. The molecule has 1 atom stereocenters. The van der Waals surface area contributed by atoms with Gasteiger partial charge in [0.1, 0.15) is 6.04 Å². The Labute approximate surface area is 96.5 Å². The lowest BCUT2D eigenvalue weighted by atomic mass is 10.0. The van der Waals surface area contributed by atoms with E-state index >= 15 is 0 Å². The molecule has 1 aromatic carbocycles. The Hall–Kier alpha value is -1.35. The highest BCUT2D eigenvalue weighted by atomic mass is 16.4. The number of benzene rings is 1. The second-order valence-corrected chi connectivity index (χ2v) is 4.34. The summed E-state index contributed by atoms with van der Waals surface area (Å²) in [5, 5.41) is 11.7. The predicted octanol–water partition coefficient (Wildman–Crippen LogP) is 2.37. The first-order valence-electron chi connectivity index (χ1n) is 5.55. The summed E-state index contributed by atoms with van der Waals surface area (Å²) in [4.78, 5) is 10.6. The van der Waals surface area contributed by atoms with Crippen LogP contribution in [0.25, 0.3) is 0 Å². The van der Waals surface area contributed by atoms with Gasteiger partial charge in [0, 0.05) is 6.54 Å². The Balaban J connectivity index is 2.52. The third-order valence-corrected chi connectivity index (χ3v) is 2.63. The number of aliphatic carboxylic acids is 1. The maximum Gasteiger partial charge on any atom is 0.320 e. The Morgan fingerprint density at radius 2 is 1.81 bits per heavy atom. The van der Waals surface area contributed by atoms with Crippen molar-refractivity contribution in [1.82, 2.24) is 5.32 Å². The number of nitrogens with one attached hydrogen (secondary N) is 1. The lowest BCUT2D eigenvalue weighted by Crippen LogP contribution is -2.33. The first-order valence-corrected chi connectivity index (χ1v) is 5.55. The summed E-state index contributed by atoms with van der Waals surface area (Å²) in [6.45, 7) is 6.54. The first-order chi connectivity index (χ1) is 7.50. The molecule has 0 radical (unpaired) electrons. The van der Waals surface area contributed by atoms with Gasteiger partial charge in [-0.3, -0.25) is 4.79 Å². The minimum absolute atomic E-state index is 0.509. The summed E-state index contributed by atoms with van der Waals surface area (Å²) in [5.74, 6) is -0.293. The highest BCUT2D eigenvalue weighted by molar-refractivity contribution is 5.72. The maximum atomic E-state index is 10.6. The molecule has 0 aliphatic carbocycles. The molecular formula is C13H19NO2. The summed E-state index contributed by atoms with van der Waals surface area (Å²) in [5.41, 5.74) is 2.41. The molecule has 0 aromatic heterocycles. The second-order valence-electron chi connectivity index (χ2n) is 4.34. The van der Waals surface area contributed by atoms with E-state index in [0.29, 0.717) is 12.5 Å². The lowest BCUT2D eigenvalue weighted by molar-refractivity contribution is -0.139. The maximum absolute atomic E-state index is 10.6. The molecule has 16 heavy (non-hydrogen) atoms. The van der Waals surface area contributed by atoms with Crippen molar-refractivity contribution in [3.8, 4) is 0 Å². The van der Waals surface area contributed by atoms with Crippen molar-refractivity contribution in [3.05, 3.63) is 35.4 Å². The zero-order valence-corrected chi connectivity index (χ0v) is 10.0. The van der Waals surface area contributed by atoms with Gasteiger partial charge in [-0.05, 0) is 24.0 Å². The van der Waals surface area contributed by atoms with Crippen molar-refractivity contribution in [2.45, 2.75) is 39.3 Å². The average Bonchev–Trinajstić information content (AvgIpc) is 2.26. The van der Waals surface area contributed by atoms with E-state index in [-0.39, 0.29) is 0 Å². The van der Waals surface area contributed by atoms with E-state index in [1.807, 2.05) is 12.1 Å². The van der Waals surface area contributed by atoms with Gasteiger partial charge in [0.15, 0.2) is 0 Å². The Morgan fingerprint density at radius 1 is 1.25 bits per heavy atom. The summed E-state index contributed by atoms with van der Waals surface area (Å²) in [7, 11) is 0. The van der Waals surface area contributed by atoms with Gasteiger partial charge in [-0.1, -0.05) is 38.1 Å². The molecule has 0 aliphatic rings. The smallest absolute Gasteiger partial charge is 0.320 e. The molecule has 2 N–H and O–H groups in total. The van der Waals surface area contributed by atoms with Crippen molar-refractivity contribution in [1.29, 1.82) is 0 Å². The van der Waals surface area contributed by atoms with E-state index in [0.717, 1.165) is 5.56 Å². The van der Waals surface area contributed by atoms with Gasteiger partial charge in [0.2, 0.25) is 0 Å². The number of carboxylic acids is 1. The molecule has 0 saturated heterocycles. The molecule has 0 amide bonds. The predicted molar refractivity (Wildman–Crippen MR) is 64.5 cm³/mol. The third kappa shape index (κ3) is 3.66. The molecule has 3 heteroatoms. The monoisotopic (exact) mass is 221 g/mol. The minimum Gasteiger partial charge on any atom is -0.480 e.